The number of hydrogen-bond donors (Lipinski definition) is 0. The van der Waals surface area contributed by atoms with Gasteiger partial charge >= 0.3 is 6.16 Å². The lowest BCUT2D eigenvalue weighted by Crippen LogP contribution is -2.30. The Morgan fingerprint density at radius 3 is 2.08 bits per heavy atom. The van der Waals surface area contributed by atoms with Crippen LogP contribution >= 0.6 is 0 Å². The second-order valence-corrected chi connectivity index (χ2v) is 8.87. The van der Waals surface area contributed by atoms with Crippen molar-refractivity contribution in [2.75, 3.05) is 0 Å². The normalized spacial score (nSPS) is 30.6. The summed E-state index contributed by atoms with van der Waals surface area (Å²) < 4.78 is 11.0. The van der Waals surface area contributed by atoms with Gasteiger partial charge in [-0.1, -0.05) is 52.4 Å². The molecule has 3 heteroatoms. The van der Waals surface area contributed by atoms with Crippen molar-refractivity contribution < 1.29 is 14.3 Å². The molecule has 0 aliphatic heterocycles. The van der Waals surface area contributed by atoms with Crippen LogP contribution in [0.1, 0.15) is 111 Å². The zero-order valence-corrected chi connectivity index (χ0v) is 17.5. The van der Waals surface area contributed by atoms with Gasteiger partial charge in [-0.3, -0.25) is 0 Å². The van der Waals surface area contributed by atoms with E-state index in [1.807, 2.05) is 6.92 Å². The Kier molecular flexibility index (Phi) is 9.85. The fourth-order valence-electron chi connectivity index (χ4n) is 4.99. The Balaban J connectivity index is 1.58. The van der Waals surface area contributed by atoms with Crippen LogP contribution in [0.5, 0.6) is 0 Å². The molecule has 2 rings (SSSR count). The number of ether oxygens (including phenoxy) is 2. The maximum absolute atomic E-state index is 12.0. The van der Waals surface area contributed by atoms with Crippen LogP contribution in [0.3, 0.4) is 0 Å². The van der Waals surface area contributed by atoms with Crippen LogP contribution in [-0.2, 0) is 9.47 Å². The SMILES string of the molecule is CCCCCC[C@@H](C)OC(=O)O[C@H]1CC[C@H]([C@H]2CC[C@H](CC)CC2)CC1. The van der Waals surface area contributed by atoms with Gasteiger partial charge in [0.1, 0.15) is 12.2 Å². The fourth-order valence-corrected chi connectivity index (χ4v) is 4.99. The van der Waals surface area contributed by atoms with E-state index in [2.05, 4.69) is 13.8 Å². The first-order chi connectivity index (χ1) is 12.6. The number of carbonyl (C=O) groups excluding carboxylic acids is 1. The van der Waals surface area contributed by atoms with Gasteiger partial charge < -0.3 is 9.47 Å². The molecule has 0 bridgehead atoms. The smallest absolute Gasteiger partial charge is 0.431 e. The summed E-state index contributed by atoms with van der Waals surface area (Å²) in [5, 5.41) is 0. The summed E-state index contributed by atoms with van der Waals surface area (Å²) in [4.78, 5) is 12.0. The molecule has 0 spiro atoms. The summed E-state index contributed by atoms with van der Waals surface area (Å²) in [5.74, 6) is 2.76. The highest BCUT2D eigenvalue weighted by atomic mass is 16.7. The molecule has 0 radical (unpaired) electrons. The van der Waals surface area contributed by atoms with Gasteiger partial charge in [-0.05, 0) is 76.0 Å². The van der Waals surface area contributed by atoms with E-state index in [0.717, 1.165) is 43.4 Å². The van der Waals surface area contributed by atoms with Crippen LogP contribution in [0.2, 0.25) is 0 Å². The van der Waals surface area contributed by atoms with E-state index >= 15 is 0 Å². The molecule has 0 amide bonds. The Hall–Kier alpha value is -0.730. The monoisotopic (exact) mass is 366 g/mol. The molecule has 2 aliphatic carbocycles. The third-order valence-electron chi connectivity index (χ3n) is 6.88. The Bertz CT molecular complexity index is 379. The second-order valence-electron chi connectivity index (χ2n) is 8.87. The predicted molar refractivity (Wildman–Crippen MR) is 107 cm³/mol. The lowest BCUT2D eigenvalue weighted by Gasteiger charge is -2.37. The second kappa shape index (κ2) is 11.9. The Labute approximate surface area is 161 Å². The molecule has 2 aliphatic rings. The maximum atomic E-state index is 12.0. The van der Waals surface area contributed by atoms with E-state index in [4.69, 9.17) is 9.47 Å². The molecule has 0 saturated heterocycles. The van der Waals surface area contributed by atoms with E-state index in [0.29, 0.717) is 0 Å². The molecule has 3 nitrogen and oxygen atoms in total. The highest BCUT2D eigenvalue weighted by molar-refractivity contribution is 5.60. The summed E-state index contributed by atoms with van der Waals surface area (Å²) in [6.07, 6.45) is 17.0. The van der Waals surface area contributed by atoms with Crippen LogP contribution < -0.4 is 0 Å². The van der Waals surface area contributed by atoms with Gasteiger partial charge in [0.15, 0.2) is 0 Å². The van der Waals surface area contributed by atoms with E-state index in [1.165, 1.54) is 64.2 Å². The molecule has 0 aromatic carbocycles. The van der Waals surface area contributed by atoms with Crippen molar-refractivity contribution in [1.29, 1.82) is 0 Å². The van der Waals surface area contributed by atoms with Gasteiger partial charge in [-0.25, -0.2) is 4.79 Å². The average Bonchev–Trinajstić information content (AvgIpc) is 2.66. The molecule has 2 saturated carbocycles. The Morgan fingerprint density at radius 2 is 1.50 bits per heavy atom. The van der Waals surface area contributed by atoms with Crippen molar-refractivity contribution in [3.63, 3.8) is 0 Å². The summed E-state index contributed by atoms with van der Waals surface area (Å²) in [6, 6.07) is 0. The van der Waals surface area contributed by atoms with Gasteiger partial charge in [0.25, 0.3) is 0 Å². The number of hydrogen-bond acceptors (Lipinski definition) is 3. The maximum Gasteiger partial charge on any atom is 0.508 e. The summed E-state index contributed by atoms with van der Waals surface area (Å²) >= 11 is 0. The molecular weight excluding hydrogens is 324 g/mol. The molecule has 0 aromatic heterocycles. The van der Waals surface area contributed by atoms with Crippen molar-refractivity contribution >= 4 is 6.16 Å². The average molecular weight is 367 g/mol. The van der Waals surface area contributed by atoms with Gasteiger partial charge in [0, 0.05) is 0 Å². The van der Waals surface area contributed by atoms with E-state index in [1.54, 1.807) is 0 Å². The third kappa shape index (κ3) is 7.48. The first kappa shape index (κ1) is 21.6. The highest BCUT2D eigenvalue weighted by Gasteiger charge is 2.31. The molecule has 1 atom stereocenters. The Morgan fingerprint density at radius 1 is 0.885 bits per heavy atom. The topological polar surface area (TPSA) is 35.5 Å². The van der Waals surface area contributed by atoms with Crippen LogP contribution in [0.4, 0.5) is 4.79 Å². The summed E-state index contributed by atoms with van der Waals surface area (Å²) in [6.45, 7) is 6.53. The minimum Gasteiger partial charge on any atom is -0.431 e. The standard InChI is InChI=1S/C23H42O3/c1-4-6-7-8-9-18(3)25-23(24)26-22-16-14-21(15-17-22)20-12-10-19(5-2)11-13-20/h18-22H,4-17H2,1-3H3/t18-,19-,20-,21-,22-/m1/s1. The van der Waals surface area contributed by atoms with Gasteiger partial charge in [-0.2, -0.15) is 0 Å². The minimum absolute atomic E-state index is 0.0237. The number of unbranched alkanes of at least 4 members (excludes halogenated alkanes) is 3. The van der Waals surface area contributed by atoms with Crippen LogP contribution in [-0.4, -0.2) is 18.4 Å². The molecule has 0 heterocycles. The number of carbonyl (C=O) groups is 1. The predicted octanol–water partition coefficient (Wildman–Crippen LogP) is 7.27. The minimum atomic E-state index is -0.445. The first-order valence-corrected chi connectivity index (χ1v) is 11.5. The van der Waals surface area contributed by atoms with E-state index in [9.17, 15) is 4.79 Å². The lowest BCUT2D eigenvalue weighted by atomic mass is 9.70. The molecule has 2 fully saturated rings. The summed E-state index contributed by atoms with van der Waals surface area (Å²) in [7, 11) is 0. The number of rotatable bonds is 9. The molecule has 152 valence electrons. The lowest BCUT2D eigenvalue weighted by molar-refractivity contribution is -0.0174. The quantitative estimate of drug-likeness (QED) is 0.318. The molecule has 0 N–H and O–H groups in total. The van der Waals surface area contributed by atoms with Crippen molar-refractivity contribution in [1.82, 2.24) is 0 Å². The highest BCUT2D eigenvalue weighted by Crippen LogP contribution is 2.41. The van der Waals surface area contributed by atoms with Crippen LogP contribution in [0.25, 0.3) is 0 Å². The summed E-state index contributed by atoms with van der Waals surface area (Å²) in [5.41, 5.74) is 0. The van der Waals surface area contributed by atoms with E-state index < -0.39 is 6.16 Å². The zero-order valence-electron chi connectivity index (χ0n) is 17.5. The van der Waals surface area contributed by atoms with Gasteiger partial charge in [-0.15, -0.1) is 0 Å². The van der Waals surface area contributed by atoms with Crippen molar-refractivity contribution in [2.45, 2.75) is 123 Å². The van der Waals surface area contributed by atoms with Crippen LogP contribution in [0, 0.1) is 17.8 Å². The van der Waals surface area contributed by atoms with Crippen molar-refractivity contribution in [3.8, 4) is 0 Å². The van der Waals surface area contributed by atoms with Crippen molar-refractivity contribution in [3.05, 3.63) is 0 Å². The first-order valence-electron chi connectivity index (χ1n) is 11.5. The van der Waals surface area contributed by atoms with Crippen LogP contribution in [0.15, 0.2) is 0 Å². The zero-order chi connectivity index (χ0) is 18.8. The molecule has 26 heavy (non-hydrogen) atoms. The van der Waals surface area contributed by atoms with E-state index in [-0.39, 0.29) is 12.2 Å². The molecule has 0 unspecified atom stereocenters. The largest absolute Gasteiger partial charge is 0.508 e. The third-order valence-corrected chi connectivity index (χ3v) is 6.88. The fraction of sp³-hybridized carbons (Fsp3) is 0.957. The van der Waals surface area contributed by atoms with Gasteiger partial charge in [0.05, 0.1) is 0 Å². The van der Waals surface area contributed by atoms with Crippen molar-refractivity contribution in [2.24, 2.45) is 17.8 Å². The molecular formula is C23H42O3. The van der Waals surface area contributed by atoms with Gasteiger partial charge in [0.2, 0.25) is 0 Å². The molecule has 0 aromatic rings.